The molecule has 0 aliphatic rings. The van der Waals surface area contributed by atoms with E-state index in [9.17, 15) is 4.79 Å². The lowest BCUT2D eigenvalue weighted by Crippen LogP contribution is -2.07. The lowest BCUT2D eigenvalue weighted by Gasteiger charge is -2.07. The number of Topliss-reactive ketones (excluding diaryl/α,β-unsaturated/α-hetero) is 1. The van der Waals surface area contributed by atoms with Crippen molar-refractivity contribution in [1.82, 2.24) is 19.3 Å². The average Bonchev–Trinajstić information content (AvgIpc) is 3.34. The summed E-state index contributed by atoms with van der Waals surface area (Å²) in [7, 11) is 0. The number of allylic oxidation sites excluding steroid dienone is 1. The molecule has 0 unspecified atom stereocenters. The minimum absolute atomic E-state index is 0.0867. The van der Waals surface area contributed by atoms with Crippen molar-refractivity contribution in [3.8, 4) is 11.6 Å². The molecule has 3 rings (SSSR count). The molecule has 0 spiro atoms. The maximum absolute atomic E-state index is 12.7. The highest BCUT2D eigenvalue weighted by Gasteiger charge is 2.19. The Bertz CT molecular complexity index is 922. The summed E-state index contributed by atoms with van der Waals surface area (Å²) in [5.41, 5.74) is 2.79. The Morgan fingerprint density at radius 3 is 2.81 bits per heavy atom. The number of furan rings is 1. The summed E-state index contributed by atoms with van der Waals surface area (Å²) in [5.74, 6) is 1.75. The van der Waals surface area contributed by atoms with Crippen molar-refractivity contribution in [3.63, 3.8) is 0 Å². The minimum atomic E-state index is 0.0867. The van der Waals surface area contributed by atoms with Crippen LogP contribution in [-0.4, -0.2) is 30.9 Å². The van der Waals surface area contributed by atoms with E-state index in [0.29, 0.717) is 35.6 Å². The highest BCUT2D eigenvalue weighted by atomic mass is 32.2. The maximum Gasteiger partial charge on any atom is 0.200 e. The van der Waals surface area contributed by atoms with Gasteiger partial charge in [0.05, 0.1) is 12.0 Å². The first-order chi connectivity index (χ1) is 12.6. The van der Waals surface area contributed by atoms with Gasteiger partial charge in [-0.2, -0.15) is 0 Å². The van der Waals surface area contributed by atoms with Crippen LogP contribution in [0.15, 0.2) is 46.7 Å². The molecule has 0 aliphatic heterocycles. The lowest BCUT2D eigenvalue weighted by molar-refractivity contribution is 0.102. The molecule has 136 valence electrons. The fourth-order valence-electron chi connectivity index (χ4n) is 2.97. The van der Waals surface area contributed by atoms with Crippen LogP contribution in [0.1, 0.15) is 28.7 Å². The van der Waals surface area contributed by atoms with Crippen LogP contribution < -0.4 is 0 Å². The number of carbonyl (C=O) groups excluding carboxylic acids is 1. The Morgan fingerprint density at radius 1 is 1.35 bits per heavy atom. The fraction of sp³-hybridized carbons (Fsp3) is 0.316. The molecule has 0 fully saturated rings. The SMILES string of the molecule is C=CCn1c(C)cc(C(=O)CSc2nnc(-c3ccco3)n2CC)c1C. The van der Waals surface area contributed by atoms with E-state index in [1.807, 2.05) is 49.6 Å². The van der Waals surface area contributed by atoms with Gasteiger partial charge in [-0.25, -0.2) is 0 Å². The predicted molar refractivity (Wildman–Crippen MR) is 103 cm³/mol. The number of rotatable bonds is 8. The molecular formula is C19H22N4O2S. The zero-order valence-corrected chi connectivity index (χ0v) is 16.0. The van der Waals surface area contributed by atoms with E-state index in [1.54, 1.807) is 6.26 Å². The Balaban J connectivity index is 1.76. The second-order valence-corrected chi connectivity index (χ2v) is 6.87. The molecular weight excluding hydrogens is 348 g/mol. The summed E-state index contributed by atoms with van der Waals surface area (Å²) < 4.78 is 9.46. The van der Waals surface area contributed by atoms with Crippen LogP contribution in [0.4, 0.5) is 0 Å². The molecule has 0 atom stereocenters. The number of aryl methyl sites for hydroxylation is 1. The summed E-state index contributed by atoms with van der Waals surface area (Å²) in [6.45, 7) is 11.2. The molecule has 0 aliphatic carbocycles. The van der Waals surface area contributed by atoms with Crippen molar-refractivity contribution in [3.05, 3.63) is 54.1 Å². The number of hydrogen-bond donors (Lipinski definition) is 0. The van der Waals surface area contributed by atoms with E-state index < -0.39 is 0 Å². The van der Waals surface area contributed by atoms with Gasteiger partial charge in [-0.3, -0.25) is 9.36 Å². The Morgan fingerprint density at radius 2 is 2.15 bits per heavy atom. The highest BCUT2D eigenvalue weighted by molar-refractivity contribution is 7.99. The van der Waals surface area contributed by atoms with Gasteiger partial charge in [0.15, 0.2) is 22.5 Å². The zero-order chi connectivity index (χ0) is 18.7. The zero-order valence-electron chi connectivity index (χ0n) is 15.2. The molecule has 0 radical (unpaired) electrons. The number of thioether (sulfide) groups is 1. The second-order valence-electron chi connectivity index (χ2n) is 5.92. The molecule has 0 N–H and O–H groups in total. The number of hydrogen-bond acceptors (Lipinski definition) is 5. The molecule has 3 heterocycles. The molecule has 0 aromatic carbocycles. The van der Waals surface area contributed by atoms with Crippen LogP contribution in [-0.2, 0) is 13.1 Å². The number of nitrogens with zero attached hydrogens (tertiary/aromatic N) is 4. The Labute approximate surface area is 156 Å². The van der Waals surface area contributed by atoms with E-state index in [1.165, 1.54) is 11.8 Å². The first-order valence-electron chi connectivity index (χ1n) is 8.47. The normalized spacial score (nSPS) is 11.0. The summed E-state index contributed by atoms with van der Waals surface area (Å²) >= 11 is 1.40. The summed E-state index contributed by atoms with van der Waals surface area (Å²) in [6, 6.07) is 5.62. The monoisotopic (exact) mass is 370 g/mol. The second kappa shape index (κ2) is 7.78. The van der Waals surface area contributed by atoms with Gasteiger partial charge in [-0.1, -0.05) is 17.8 Å². The van der Waals surface area contributed by atoms with Crippen LogP contribution in [0.25, 0.3) is 11.6 Å². The Kier molecular flexibility index (Phi) is 5.46. The van der Waals surface area contributed by atoms with Gasteiger partial charge in [0, 0.05) is 30.0 Å². The van der Waals surface area contributed by atoms with Gasteiger partial charge >= 0.3 is 0 Å². The van der Waals surface area contributed by atoms with Crippen molar-refractivity contribution in [2.24, 2.45) is 0 Å². The average molecular weight is 370 g/mol. The van der Waals surface area contributed by atoms with Crippen molar-refractivity contribution < 1.29 is 9.21 Å². The first-order valence-corrected chi connectivity index (χ1v) is 9.46. The summed E-state index contributed by atoms with van der Waals surface area (Å²) in [5, 5.41) is 9.16. The third-order valence-electron chi connectivity index (χ3n) is 4.29. The molecule has 3 aromatic heterocycles. The van der Waals surface area contributed by atoms with Crippen molar-refractivity contribution in [1.29, 1.82) is 0 Å². The van der Waals surface area contributed by atoms with E-state index >= 15 is 0 Å². The summed E-state index contributed by atoms with van der Waals surface area (Å²) in [4.78, 5) is 12.7. The van der Waals surface area contributed by atoms with Crippen LogP contribution in [0.5, 0.6) is 0 Å². The third-order valence-corrected chi connectivity index (χ3v) is 5.26. The first kappa shape index (κ1) is 18.3. The largest absolute Gasteiger partial charge is 0.461 e. The molecule has 6 nitrogen and oxygen atoms in total. The van der Waals surface area contributed by atoms with Crippen LogP contribution in [0.2, 0.25) is 0 Å². The molecule has 0 amide bonds. The van der Waals surface area contributed by atoms with Gasteiger partial charge < -0.3 is 8.98 Å². The molecule has 0 saturated heterocycles. The molecule has 3 aromatic rings. The number of ketones is 1. The van der Waals surface area contributed by atoms with Crippen molar-refractivity contribution in [2.45, 2.75) is 39.0 Å². The molecule has 26 heavy (non-hydrogen) atoms. The van der Waals surface area contributed by atoms with Crippen LogP contribution in [0, 0.1) is 13.8 Å². The molecule has 7 heteroatoms. The molecule has 0 bridgehead atoms. The van der Waals surface area contributed by atoms with Crippen LogP contribution >= 0.6 is 11.8 Å². The third kappa shape index (κ3) is 3.39. The number of carbonyl (C=O) groups is 1. The van der Waals surface area contributed by atoms with Gasteiger partial charge in [0.1, 0.15) is 0 Å². The lowest BCUT2D eigenvalue weighted by atomic mass is 10.2. The van der Waals surface area contributed by atoms with Crippen molar-refractivity contribution in [2.75, 3.05) is 5.75 Å². The fourth-order valence-corrected chi connectivity index (χ4v) is 3.86. The van der Waals surface area contributed by atoms with Gasteiger partial charge in [-0.15, -0.1) is 16.8 Å². The standard InChI is InChI=1S/C19H22N4O2S/c1-5-9-23-13(3)11-15(14(23)4)16(24)12-26-19-21-20-18(22(19)6-2)17-8-7-10-25-17/h5,7-8,10-11H,1,6,9,12H2,2-4H3. The maximum atomic E-state index is 12.7. The number of aromatic nitrogens is 4. The van der Waals surface area contributed by atoms with Gasteiger partial charge in [0.2, 0.25) is 0 Å². The topological polar surface area (TPSA) is 65.8 Å². The van der Waals surface area contributed by atoms with Gasteiger partial charge in [-0.05, 0) is 39.0 Å². The van der Waals surface area contributed by atoms with Crippen LogP contribution in [0.3, 0.4) is 0 Å². The van der Waals surface area contributed by atoms with Crippen molar-refractivity contribution >= 4 is 17.5 Å². The van der Waals surface area contributed by atoms with E-state index in [-0.39, 0.29) is 5.78 Å². The predicted octanol–water partition coefficient (Wildman–Crippen LogP) is 4.14. The van der Waals surface area contributed by atoms with E-state index in [2.05, 4.69) is 21.3 Å². The smallest absolute Gasteiger partial charge is 0.200 e. The Hall–Kier alpha value is -2.54. The van der Waals surface area contributed by atoms with E-state index in [4.69, 9.17) is 4.42 Å². The quantitative estimate of drug-likeness (QED) is 0.339. The van der Waals surface area contributed by atoms with Gasteiger partial charge in [0.25, 0.3) is 0 Å². The van der Waals surface area contributed by atoms with E-state index in [0.717, 1.165) is 17.0 Å². The molecule has 0 saturated carbocycles. The minimum Gasteiger partial charge on any atom is -0.461 e. The summed E-state index contributed by atoms with van der Waals surface area (Å²) in [6.07, 6.45) is 3.45. The highest BCUT2D eigenvalue weighted by Crippen LogP contribution is 2.25.